The van der Waals surface area contributed by atoms with Crippen LogP contribution in [0.15, 0.2) is 12.7 Å². The van der Waals surface area contributed by atoms with E-state index in [9.17, 15) is 4.79 Å². The van der Waals surface area contributed by atoms with E-state index >= 15 is 0 Å². The van der Waals surface area contributed by atoms with Gasteiger partial charge in [0.15, 0.2) is 0 Å². The van der Waals surface area contributed by atoms with Gasteiger partial charge in [-0.05, 0) is 18.9 Å². The molecular formula is C8H13NO2. The van der Waals surface area contributed by atoms with E-state index in [0.717, 1.165) is 19.4 Å². The summed E-state index contributed by atoms with van der Waals surface area (Å²) in [5.74, 6) is -0.0680. The number of hydrogen-bond donors (Lipinski definition) is 1. The molecule has 62 valence electrons. The number of rotatable bonds is 2. The fraction of sp³-hybridized carbons (Fsp3) is 0.625. The van der Waals surface area contributed by atoms with Crippen molar-refractivity contribution in [3.63, 3.8) is 0 Å². The molecule has 1 fully saturated rings. The molecule has 1 N–H and O–H groups in total. The van der Waals surface area contributed by atoms with Crippen LogP contribution in [0.25, 0.3) is 0 Å². The molecule has 1 aliphatic rings. The van der Waals surface area contributed by atoms with Crippen LogP contribution in [0.3, 0.4) is 0 Å². The average Bonchev–Trinajstić information content (AvgIpc) is 2.50. The lowest BCUT2D eigenvalue weighted by Gasteiger charge is -2.20. The molecule has 3 heteroatoms. The first-order valence-electron chi connectivity index (χ1n) is 3.83. The molecule has 1 saturated heterocycles. The summed E-state index contributed by atoms with van der Waals surface area (Å²) in [5, 5.41) is 8.85. The van der Waals surface area contributed by atoms with Crippen LogP contribution in [-0.4, -0.2) is 35.1 Å². The molecule has 0 saturated carbocycles. The third kappa shape index (κ3) is 1.60. The average molecular weight is 155 g/mol. The predicted molar refractivity (Wildman–Crippen MR) is 42.0 cm³/mol. The summed E-state index contributed by atoms with van der Waals surface area (Å²) in [5.41, 5.74) is 0. The van der Waals surface area contributed by atoms with E-state index in [1.54, 1.807) is 4.90 Å². The Morgan fingerprint density at radius 3 is 3.09 bits per heavy atom. The van der Waals surface area contributed by atoms with Gasteiger partial charge in [-0.25, -0.2) is 0 Å². The maximum Gasteiger partial charge on any atom is 0.246 e. The van der Waals surface area contributed by atoms with Gasteiger partial charge < -0.3 is 10.0 Å². The Morgan fingerprint density at radius 2 is 2.55 bits per heavy atom. The van der Waals surface area contributed by atoms with Crippen LogP contribution < -0.4 is 0 Å². The molecule has 0 aromatic rings. The second-order valence-electron chi connectivity index (χ2n) is 2.71. The molecule has 1 heterocycles. The molecule has 1 atom stereocenters. The third-order valence-corrected chi connectivity index (χ3v) is 2.05. The highest BCUT2D eigenvalue weighted by atomic mass is 16.3. The van der Waals surface area contributed by atoms with Crippen molar-refractivity contribution in [3.05, 3.63) is 12.7 Å². The molecule has 0 radical (unpaired) electrons. The zero-order valence-corrected chi connectivity index (χ0v) is 6.49. The number of likely N-dealkylation sites (tertiary alicyclic amines) is 1. The van der Waals surface area contributed by atoms with Gasteiger partial charge in [-0.2, -0.15) is 0 Å². The Labute approximate surface area is 66.3 Å². The zero-order chi connectivity index (χ0) is 8.27. The summed E-state index contributed by atoms with van der Waals surface area (Å²) in [6.07, 6.45) is 3.20. The van der Waals surface area contributed by atoms with E-state index in [1.165, 1.54) is 6.08 Å². The molecule has 1 rings (SSSR count). The molecule has 0 spiro atoms. The lowest BCUT2D eigenvalue weighted by atomic mass is 10.2. The van der Waals surface area contributed by atoms with E-state index in [1.807, 2.05) is 0 Å². The number of aliphatic hydroxyl groups is 1. The van der Waals surface area contributed by atoms with Crippen LogP contribution in [-0.2, 0) is 4.79 Å². The highest BCUT2D eigenvalue weighted by Gasteiger charge is 2.25. The van der Waals surface area contributed by atoms with Crippen molar-refractivity contribution in [2.45, 2.75) is 18.9 Å². The summed E-state index contributed by atoms with van der Waals surface area (Å²) in [7, 11) is 0. The van der Waals surface area contributed by atoms with E-state index < -0.39 is 0 Å². The Balaban J connectivity index is 2.55. The summed E-state index contributed by atoms with van der Waals surface area (Å²) in [6.45, 7) is 4.23. The summed E-state index contributed by atoms with van der Waals surface area (Å²) in [4.78, 5) is 12.8. The van der Waals surface area contributed by atoms with Crippen molar-refractivity contribution in [1.82, 2.24) is 4.90 Å². The van der Waals surface area contributed by atoms with Crippen LogP contribution in [0.2, 0.25) is 0 Å². The van der Waals surface area contributed by atoms with E-state index in [2.05, 4.69) is 6.58 Å². The summed E-state index contributed by atoms with van der Waals surface area (Å²) < 4.78 is 0. The van der Waals surface area contributed by atoms with Crippen LogP contribution in [0.4, 0.5) is 0 Å². The van der Waals surface area contributed by atoms with Gasteiger partial charge in [0.25, 0.3) is 0 Å². The molecular weight excluding hydrogens is 142 g/mol. The van der Waals surface area contributed by atoms with Crippen molar-refractivity contribution in [2.24, 2.45) is 0 Å². The molecule has 11 heavy (non-hydrogen) atoms. The first kappa shape index (κ1) is 8.27. The molecule has 3 nitrogen and oxygen atoms in total. The van der Waals surface area contributed by atoms with Gasteiger partial charge in [-0.15, -0.1) is 0 Å². The van der Waals surface area contributed by atoms with Crippen molar-refractivity contribution >= 4 is 5.91 Å². The lowest BCUT2D eigenvalue weighted by Crippen LogP contribution is -2.36. The van der Waals surface area contributed by atoms with Gasteiger partial charge in [0.1, 0.15) is 0 Å². The molecule has 0 aromatic heterocycles. The lowest BCUT2D eigenvalue weighted by molar-refractivity contribution is -0.127. The Bertz CT molecular complexity index is 167. The minimum Gasteiger partial charge on any atom is -0.394 e. The molecule has 1 aliphatic heterocycles. The van der Waals surface area contributed by atoms with E-state index in [-0.39, 0.29) is 18.6 Å². The molecule has 1 amide bonds. The van der Waals surface area contributed by atoms with Crippen molar-refractivity contribution in [3.8, 4) is 0 Å². The second kappa shape index (κ2) is 3.53. The minimum atomic E-state index is -0.0680. The van der Waals surface area contributed by atoms with Crippen LogP contribution in [0.1, 0.15) is 12.8 Å². The smallest absolute Gasteiger partial charge is 0.246 e. The number of amides is 1. The second-order valence-corrected chi connectivity index (χ2v) is 2.71. The standard InChI is InChI=1S/C8H13NO2/c1-2-8(11)9-5-3-4-7(9)6-10/h2,7,10H,1,3-6H2/t7-/m1/s1. The van der Waals surface area contributed by atoms with Crippen molar-refractivity contribution < 1.29 is 9.90 Å². The maximum absolute atomic E-state index is 11.1. The Morgan fingerprint density at radius 1 is 1.82 bits per heavy atom. The zero-order valence-electron chi connectivity index (χ0n) is 6.49. The quantitative estimate of drug-likeness (QED) is 0.577. The van der Waals surface area contributed by atoms with Crippen molar-refractivity contribution in [2.75, 3.05) is 13.2 Å². The normalized spacial score (nSPS) is 23.7. The number of nitrogens with zero attached hydrogens (tertiary/aromatic N) is 1. The van der Waals surface area contributed by atoms with Crippen LogP contribution in [0.5, 0.6) is 0 Å². The fourth-order valence-electron chi connectivity index (χ4n) is 1.43. The Kier molecular flexibility index (Phi) is 2.65. The SMILES string of the molecule is C=CC(=O)N1CCC[C@@H]1CO. The topological polar surface area (TPSA) is 40.5 Å². The molecule has 0 unspecified atom stereocenters. The largest absolute Gasteiger partial charge is 0.394 e. The van der Waals surface area contributed by atoms with Crippen LogP contribution in [0, 0.1) is 0 Å². The molecule has 0 aliphatic carbocycles. The van der Waals surface area contributed by atoms with Crippen LogP contribution >= 0.6 is 0 Å². The van der Waals surface area contributed by atoms with Gasteiger partial charge in [0.2, 0.25) is 5.91 Å². The van der Waals surface area contributed by atoms with Gasteiger partial charge >= 0.3 is 0 Å². The van der Waals surface area contributed by atoms with Gasteiger partial charge in [-0.1, -0.05) is 6.58 Å². The summed E-state index contributed by atoms with van der Waals surface area (Å²) in [6, 6.07) is 0.0282. The Hall–Kier alpha value is -0.830. The number of hydrogen-bond acceptors (Lipinski definition) is 2. The van der Waals surface area contributed by atoms with Gasteiger partial charge in [0.05, 0.1) is 12.6 Å². The number of aliphatic hydroxyl groups excluding tert-OH is 1. The molecule has 0 bridgehead atoms. The third-order valence-electron chi connectivity index (χ3n) is 2.05. The van der Waals surface area contributed by atoms with Gasteiger partial charge in [0, 0.05) is 6.54 Å². The van der Waals surface area contributed by atoms with E-state index in [4.69, 9.17) is 5.11 Å². The highest BCUT2D eigenvalue weighted by molar-refractivity contribution is 5.87. The maximum atomic E-state index is 11.1. The van der Waals surface area contributed by atoms with E-state index in [0.29, 0.717) is 0 Å². The minimum absolute atomic E-state index is 0.0282. The highest BCUT2D eigenvalue weighted by Crippen LogP contribution is 2.16. The number of carbonyl (C=O) groups excluding carboxylic acids is 1. The molecule has 0 aromatic carbocycles. The predicted octanol–water partition coefficient (Wildman–Crippen LogP) is 0.156. The first-order chi connectivity index (χ1) is 5.29. The fourth-order valence-corrected chi connectivity index (χ4v) is 1.43. The monoisotopic (exact) mass is 155 g/mol. The summed E-state index contributed by atoms with van der Waals surface area (Å²) >= 11 is 0. The van der Waals surface area contributed by atoms with Crippen molar-refractivity contribution in [1.29, 1.82) is 0 Å². The first-order valence-corrected chi connectivity index (χ1v) is 3.83. The van der Waals surface area contributed by atoms with Gasteiger partial charge in [-0.3, -0.25) is 4.79 Å². The number of carbonyl (C=O) groups is 1.